The van der Waals surface area contributed by atoms with E-state index in [0.717, 1.165) is 5.56 Å². The van der Waals surface area contributed by atoms with Crippen LogP contribution in [0.3, 0.4) is 0 Å². The van der Waals surface area contributed by atoms with Crippen LogP contribution in [0, 0.1) is 0 Å². The predicted molar refractivity (Wildman–Crippen MR) is 71.4 cm³/mol. The number of nitrogens with one attached hydrogen (secondary N) is 1. The number of nitrogens with zero attached hydrogens (tertiary/aromatic N) is 3. The zero-order valence-electron chi connectivity index (χ0n) is 11.1. The Morgan fingerprint density at radius 1 is 0.947 bits per heavy atom. The van der Waals surface area contributed by atoms with Crippen LogP contribution in [0.15, 0.2) is 30.3 Å². The summed E-state index contributed by atoms with van der Waals surface area (Å²) in [5.41, 5.74) is 1.14. The molecule has 0 aliphatic carbocycles. The van der Waals surface area contributed by atoms with Crippen LogP contribution in [0.5, 0.6) is 12.0 Å². The fourth-order valence-corrected chi connectivity index (χ4v) is 1.60. The quantitative estimate of drug-likeness (QED) is 0.887. The van der Waals surface area contributed by atoms with E-state index in [0.29, 0.717) is 5.95 Å². The fourth-order valence-electron chi connectivity index (χ4n) is 1.60. The molecule has 0 saturated heterocycles. The molecule has 1 aromatic carbocycles. The van der Waals surface area contributed by atoms with Gasteiger partial charge in [0.1, 0.15) is 0 Å². The van der Waals surface area contributed by atoms with Gasteiger partial charge in [0.05, 0.1) is 20.3 Å². The molecule has 2 aromatic rings. The molecule has 1 atom stereocenters. The molecule has 0 spiro atoms. The van der Waals surface area contributed by atoms with Crippen molar-refractivity contribution in [3.63, 3.8) is 0 Å². The van der Waals surface area contributed by atoms with Crippen LogP contribution in [-0.2, 0) is 0 Å². The van der Waals surface area contributed by atoms with Crippen LogP contribution < -0.4 is 14.8 Å². The van der Waals surface area contributed by atoms with Gasteiger partial charge < -0.3 is 14.8 Å². The topological polar surface area (TPSA) is 69.2 Å². The average Bonchev–Trinajstić information content (AvgIpc) is 2.47. The van der Waals surface area contributed by atoms with E-state index >= 15 is 0 Å². The minimum atomic E-state index is 0.0676. The SMILES string of the molecule is COc1nc(NC(C)c2ccccc2)nc(OC)n1. The minimum absolute atomic E-state index is 0.0676. The van der Waals surface area contributed by atoms with E-state index in [9.17, 15) is 0 Å². The Labute approximate surface area is 111 Å². The van der Waals surface area contributed by atoms with E-state index in [2.05, 4.69) is 20.3 Å². The number of aromatic nitrogens is 3. The summed E-state index contributed by atoms with van der Waals surface area (Å²) >= 11 is 0. The molecule has 100 valence electrons. The second-order valence-electron chi connectivity index (χ2n) is 3.91. The summed E-state index contributed by atoms with van der Waals surface area (Å²) in [6.45, 7) is 2.03. The van der Waals surface area contributed by atoms with Crippen LogP contribution in [0.2, 0.25) is 0 Å². The number of hydrogen-bond acceptors (Lipinski definition) is 6. The lowest BCUT2D eigenvalue weighted by molar-refractivity contribution is 0.341. The second kappa shape index (κ2) is 5.99. The van der Waals surface area contributed by atoms with Crippen LogP contribution in [0.4, 0.5) is 5.95 Å². The summed E-state index contributed by atoms with van der Waals surface area (Å²) in [5.74, 6) is 0.417. The highest BCUT2D eigenvalue weighted by atomic mass is 16.5. The molecular formula is C13H16N4O2. The molecule has 0 saturated carbocycles. The van der Waals surface area contributed by atoms with E-state index in [1.54, 1.807) is 0 Å². The van der Waals surface area contributed by atoms with Crippen molar-refractivity contribution in [1.29, 1.82) is 0 Å². The molecule has 6 heteroatoms. The highest BCUT2D eigenvalue weighted by Crippen LogP contribution is 2.19. The number of ether oxygens (including phenoxy) is 2. The van der Waals surface area contributed by atoms with Crippen molar-refractivity contribution in [3.8, 4) is 12.0 Å². The van der Waals surface area contributed by atoms with Gasteiger partial charge in [-0.05, 0) is 12.5 Å². The molecule has 1 heterocycles. The monoisotopic (exact) mass is 260 g/mol. The molecule has 0 aliphatic rings. The fraction of sp³-hybridized carbons (Fsp3) is 0.308. The van der Waals surface area contributed by atoms with Gasteiger partial charge in [-0.25, -0.2) is 0 Å². The molecule has 0 aliphatic heterocycles. The zero-order valence-corrected chi connectivity index (χ0v) is 11.1. The van der Waals surface area contributed by atoms with Crippen LogP contribution in [0.25, 0.3) is 0 Å². The van der Waals surface area contributed by atoms with Gasteiger partial charge in [-0.2, -0.15) is 9.97 Å². The van der Waals surface area contributed by atoms with E-state index < -0.39 is 0 Å². The van der Waals surface area contributed by atoms with Crippen molar-refractivity contribution in [2.75, 3.05) is 19.5 Å². The number of benzene rings is 1. The molecule has 6 nitrogen and oxygen atoms in total. The van der Waals surface area contributed by atoms with Crippen molar-refractivity contribution in [1.82, 2.24) is 15.0 Å². The first kappa shape index (κ1) is 13.1. The molecular weight excluding hydrogens is 244 g/mol. The third-order valence-corrected chi connectivity index (χ3v) is 2.60. The lowest BCUT2D eigenvalue weighted by Gasteiger charge is -2.14. The van der Waals surface area contributed by atoms with Crippen LogP contribution >= 0.6 is 0 Å². The lowest BCUT2D eigenvalue weighted by Crippen LogP contribution is -2.11. The maximum Gasteiger partial charge on any atom is 0.324 e. The van der Waals surface area contributed by atoms with Gasteiger partial charge in [-0.15, -0.1) is 4.98 Å². The Hall–Kier alpha value is -2.37. The number of hydrogen-bond donors (Lipinski definition) is 1. The first-order valence-electron chi connectivity index (χ1n) is 5.88. The third-order valence-electron chi connectivity index (χ3n) is 2.60. The Balaban J connectivity index is 2.18. The Morgan fingerprint density at radius 3 is 2.05 bits per heavy atom. The van der Waals surface area contributed by atoms with Crippen molar-refractivity contribution < 1.29 is 9.47 Å². The van der Waals surface area contributed by atoms with Gasteiger partial charge in [-0.1, -0.05) is 30.3 Å². The maximum absolute atomic E-state index is 5.00. The normalized spacial score (nSPS) is 11.7. The number of rotatable bonds is 5. The van der Waals surface area contributed by atoms with Crippen LogP contribution in [-0.4, -0.2) is 29.2 Å². The van der Waals surface area contributed by atoms with Gasteiger partial charge in [0.25, 0.3) is 0 Å². The van der Waals surface area contributed by atoms with Crippen molar-refractivity contribution in [2.45, 2.75) is 13.0 Å². The third kappa shape index (κ3) is 3.31. The van der Waals surface area contributed by atoms with E-state index in [1.165, 1.54) is 14.2 Å². The highest BCUT2D eigenvalue weighted by molar-refractivity contribution is 5.33. The molecule has 0 fully saturated rings. The summed E-state index contributed by atoms with van der Waals surface area (Å²) in [4.78, 5) is 12.2. The molecule has 1 aromatic heterocycles. The van der Waals surface area contributed by atoms with Crippen molar-refractivity contribution >= 4 is 5.95 Å². The largest absolute Gasteiger partial charge is 0.467 e. The summed E-state index contributed by atoms with van der Waals surface area (Å²) in [5, 5.41) is 3.19. The Kier molecular flexibility index (Phi) is 4.12. The van der Waals surface area contributed by atoms with Crippen molar-refractivity contribution in [2.24, 2.45) is 0 Å². The Morgan fingerprint density at radius 2 is 1.53 bits per heavy atom. The predicted octanol–water partition coefficient (Wildman–Crippen LogP) is 2.06. The van der Waals surface area contributed by atoms with Gasteiger partial charge in [-0.3, -0.25) is 0 Å². The summed E-state index contributed by atoms with van der Waals surface area (Å²) in [7, 11) is 3.00. The molecule has 19 heavy (non-hydrogen) atoms. The highest BCUT2D eigenvalue weighted by Gasteiger charge is 2.10. The van der Waals surface area contributed by atoms with Crippen molar-refractivity contribution in [3.05, 3.63) is 35.9 Å². The van der Waals surface area contributed by atoms with E-state index in [1.807, 2.05) is 37.3 Å². The standard InChI is InChI=1S/C13H16N4O2/c1-9(10-7-5-4-6-8-10)14-11-15-12(18-2)17-13(16-11)19-3/h4-9H,1-3H3,(H,14,15,16,17). The maximum atomic E-state index is 5.00. The summed E-state index contributed by atoms with van der Waals surface area (Å²) < 4.78 is 10.0. The first-order valence-corrected chi connectivity index (χ1v) is 5.88. The molecule has 0 bridgehead atoms. The number of methoxy groups -OCH3 is 2. The van der Waals surface area contributed by atoms with Gasteiger partial charge >= 0.3 is 12.0 Å². The van der Waals surface area contributed by atoms with E-state index in [-0.39, 0.29) is 18.1 Å². The molecule has 1 N–H and O–H groups in total. The molecule has 2 rings (SSSR count). The molecule has 0 radical (unpaired) electrons. The first-order chi connectivity index (χ1) is 9.22. The van der Waals surface area contributed by atoms with Gasteiger partial charge in [0, 0.05) is 0 Å². The van der Waals surface area contributed by atoms with Crippen LogP contribution in [0.1, 0.15) is 18.5 Å². The molecule has 0 amide bonds. The average molecular weight is 260 g/mol. The Bertz CT molecular complexity index is 511. The van der Waals surface area contributed by atoms with E-state index in [4.69, 9.17) is 9.47 Å². The number of anilines is 1. The summed E-state index contributed by atoms with van der Waals surface area (Å²) in [6.07, 6.45) is 0. The smallest absolute Gasteiger partial charge is 0.324 e. The lowest BCUT2D eigenvalue weighted by atomic mass is 10.1. The van der Waals surface area contributed by atoms with Gasteiger partial charge in [0.15, 0.2) is 0 Å². The molecule has 1 unspecified atom stereocenters. The van der Waals surface area contributed by atoms with Gasteiger partial charge in [0.2, 0.25) is 5.95 Å². The summed E-state index contributed by atoms with van der Waals surface area (Å²) in [6, 6.07) is 10.5. The minimum Gasteiger partial charge on any atom is -0.467 e. The second-order valence-corrected chi connectivity index (χ2v) is 3.91. The zero-order chi connectivity index (χ0) is 13.7.